The van der Waals surface area contributed by atoms with Crippen molar-refractivity contribution in [1.82, 2.24) is 9.29 Å². The van der Waals surface area contributed by atoms with E-state index in [2.05, 4.69) is 9.29 Å². The standard InChI is InChI=1S/C31H38N2O6S/c1-20(2)40(36,37)32-29(34)23-12-15-25-26(18-23)33(19-31(16-17-31)30(35)39-4)28(22-10-13-24(38-3)14-11-22)27(25)21-8-6-5-7-9-21/h10-15,18,20-21H,5-9,16-17,19H2,1-4H3,(H,32,34). The van der Waals surface area contributed by atoms with Gasteiger partial charge < -0.3 is 14.0 Å². The topological polar surface area (TPSA) is 104 Å². The van der Waals surface area contributed by atoms with Crippen molar-refractivity contribution in [2.45, 2.75) is 76.5 Å². The molecule has 0 atom stereocenters. The maximum atomic E-state index is 13.1. The summed E-state index contributed by atoms with van der Waals surface area (Å²) in [6.07, 6.45) is 7.11. The molecule has 0 spiro atoms. The van der Waals surface area contributed by atoms with Gasteiger partial charge in [-0.1, -0.05) is 25.3 Å². The number of amides is 1. The van der Waals surface area contributed by atoms with Crippen LogP contribution in [0.15, 0.2) is 42.5 Å². The smallest absolute Gasteiger partial charge is 0.313 e. The van der Waals surface area contributed by atoms with Gasteiger partial charge in [0.25, 0.3) is 5.91 Å². The first-order chi connectivity index (χ1) is 19.1. The van der Waals surface area contributed by atoms with Gasteiger partial charge in [0.1, 0.15) is 5.75 Å². The molecular weight excluding hydrogens is 528 g/mol. The van der Waals surface area contributed by atoms with Crippen LogP contribution in [0, 0.1) is 5.41 Å². The van der Waals surface area contributed by atoms with E-state index in [9.17, 15) is 18.0 Å². The van der Waals surface area contributed by atoms with Crippen molar-refractivity contribution < 1.29 is 27.5 Å². The molecule has 1 N–H and O–H groups in total. The van der Waals surface area contributed by atoms with Crippen molar-refractivity contribution in [2.75, 3.05) is 14.2 Å². The number of esters is 1. The maximum absolute atomic E-state index is 13.1. The lowest BCUT2D eigenvalue weighted by Crippen LogP contribution is -2.35. The maximum Gasteiger partial charge on any atom is 0.313 e. The number of aromatic nitrogens is 1. The van der Waals surface area contributed by atoms with Crippen LogP contribution in [-0.2, 0) is 26.1 Å². The number of sulfonamides is 1. The molecular formula is C31H38N2O6S. The minimum atomic E-state index is -3.79. The van der Waals surface area contributed by atoms with Gasteiger partial charge in [-0.2, -0.15) is 0 Å². The number of nitrogens with zero attached hydrogens (tertiary/aromatic N) is 1. The number of methoxy groups -OCH3 is 2. The highest BCUT2D eigenvalue weighted by molar-refractivity contribution is 7.90. The molecule has 2 fully saturated rings. The molecule has 2 aromatic carbocycles. The predicted molar refractivity (Wildman–Crippen MR) is 155 cm³/mol. The van der Waals surface area contributed by atoms with E-state index in [-0.39, 0.29) is 11.5 Å². The highest BCUT2D eigenvalue weighted by Crippen LogP contribution is 2.51. The number of benzene rings is 2. The molecule has 3 aromatic rings. The van der Waals surface area contributed by atoms with Crippen LogP contribution in [0.2, 0.25) is 0 Å². The molecule has 2 aliphatic carbocycles. The number of hydrogen-bond donors (Lipinski definition) is 1. The molecule has 1 aromatic heterocycles. The van der Waals surface area contributed by atoms with Crippen molar-refractivity contribution in [1.29, 1.82) is 0 Å². The van der Waals surface area contributed by atoms with Gasteiger partial charge in [0.15, 0.2) is 0 Å². The van der Waals surface area contributed by atoms with Crippen LogP contribution in [0.4, 0.5) is 0 Å². The average Bonchev–Trinajstić information content (AvgIpc) is 3.68. The SMILES string of the molecule is COC(=O)C1(Cn2c(-c3ccc(OC)cc3)c(C3CCCCC3)c3ccc(C(=O)NS(=O)(=O)C(C)C)cc32)CC1. The minimum Gasteiger partial charge on any atom is -0.497 e. The van der Waals surface area contributed by atoms with E-state index in [0.29, 0.717) is 12.5 Å². The lowest BCUT2D eigenvalue weighted by Gasteiger charge is -2.24. The Morgan fingerprint density at radius 2 is 1.70 bits per heavy atom. The second kappa shape index (κ2) is 10.9. The zero-order chi connectivity index (χ0) is 28.7. The number of ether oxygens (including phenoxy) is 2. The van der Waals surface area contributed by atoms with Crippen LogP contribution in [0.5, 0.6) is 5.75 Å². The Labute approximate surface area is 236 Å². The van der Waals surface area contributed by atoms with E-state index in [4.69, 9.17) is 9.47 Å². The summed E-state index contributed by atoms with van der Waals surface area (Å²) < 4.78 is 39.9. The zero-order valence-corrected chi connectivity index (χ0v) is 24.5. The third-order valence-electron chi connectivity index (χ3n) is 8.53. The molecule has 9 heteroatoms. The monoisotopic (exact) mass is 566 g/mol. The number of nitrogens with one attached hydrogen (secondary N) is 1. The summed E-state index contributed by atoms with van der Waals surface area (Å²) in [6, 6.07) is 13.4. The van der Waals surface area contributed by atoms with E-state index in [1.807, 2.05) is 30.3 Å². The molecule has 0 bridgehead atoms. The molecule has 5 rings (SSSR count). The Morgan fingerprint density at radius 3 is 2.27 bits per heavy atom. The average molecular weight is 567 g/mol. The third-order valence-corrected chi connectivity index (χ3v) is 10.2. The van der Waals surface area contributed by atoms with Gasteiger partial charge in [0.2, 0.25) is 10.0 Å². The van der Waals surface area contributed by atoms with E-state index < -0.39 is 26.6 Å². The van der Waals surface area contributed by atoms with Crippen molar-refractivity contribution in [2.24, 2.45) is 5.41 Å². The Hall–Kier alpha value is -3.33. The number of fused-ring (bicyclic) bond motifs is 1. The molecule has 2 saturated carbocycles. The molecule has 0 radical (unpaired) electrons. The van der Waals surface area contributed by atoms with Crippen LogP contribution in [0.1, 0.15) is 80.6 Å². The lowest BCUT2D eigenvalue weighted by atomic mass is 9.81. The molecule has 0 unspecified atom stereocenters. The normalized spacial score (nSPS) is 17.1. The molecule has 1 heterocycles. The van der Waals surface area contributed by atoms with Crippen LogP contribution < -0.4 is 9.46 Å². The number of carbonyl (C=O) groups excluding carboxylic acids is 2. The first kappa shape index (κ1) is 28.2. The Morgan fingerprint density at radius 1 is 1.02 bits per heavy atom. The molecule has 2 aliphatic rings. The quantitative estimate of drug-likeness (QED) is 0.329. The number of hydrogen-bond acceptors (Lipinski definition) is 6. The first-order valence-corrected chi connectivity index (χ1v) is 15.6. The summed E-state index contributed by atoms with van der Waals surface area (Å²) in [4.78, 5) is 26.0. The summed E-state index contributed by atoms with van der Waals surface area (Å²) in [5.41, 5.74) is 3.72. The summed E-state index contributed by atoms with van der Waals surface area (Å²) in [5, 5.41) is 0.292. The number of rotatable bonds is 9. The second-order valence-electron chi connectivity index (χ2n) is 11.4. The van der Waals surface area contributed by atoms with E-state index in [1.165, 1.54) is 32.9 Å². The zero-order valence-electron chi connectivity index (χ0n) is 23.7. The summed E-state index contributed by atoms with van der Waals surface area (Å²) in [5.74, 6) is 0.196. The van der Waals surface area contributed by atoms with E-state index >= 15 is 0 Å². The molecule has 214 valence electrons. The summed E-state index contributed by atoms with van der Waals surface area (Å²) in [6.45, 7) is 3.48. The van der Waals surface area contributed by atoms with Gasteiger partial charge in [-0.3, -0.25) is 9.59 Å². The summed E-state index contributed by atoms with van der Waals surface area (Å²) in [7, 11) is -0.732. The highest BCUT2D eigenvalue weighted by atomic mass is 32.2. The van der Waals surface area contributed by atoms with Crippen molar-refractivity contribution in [3.05, 3.63) is 53.6 Å². The fourth-order valence-electron chi connectivity index (χ4n) is 5.95. The van der Waals surface area contributed by atoms with Gasteiger partial charge in [-0.15, -0.1) is 0 Å². The van der Waals surface area contributed by atoms with Gasteiger partial charge >= 0.3 is 5.97 Å². The molecule has 40 heavy (non-hydrogen) atoms. The van der Waals surface area contributed by atoms with Crippen LogP contribution in [0.3, 0.4) is 0 Å². The largest absolute Gasteiger partial charge is 0.497 e. The van der Waals surface area contributed by atoms with Crippen LogP contribution in [-0.4, -0.2) is 44.3 Å². The van der Waals surface area contributed by atoms with Gasteiger partial charge in [-0.25, -0.2) is 13.1 Å². The Bertz CT molecular complexity index is 1530. The molecule has 8 nitrogen and oxygen atoms in total. The van der Waals surface area contributed by atoms with Crippen LogP contribution in [0.25, 0.3) is 22.2 Å². The molecule has 0 saturated heterocycles. The Balaban J connectivity index is 1.73. The van der Waals surface area contributed by atoms with Crippen molar-refractivity contribution in [3.8, 4) is 17.0 Å². The fourth-order valence-corrected chi connectivity index (χ4v) is 6.56. The summed E-state index contributed by atoms with van der Waals surface area (Å²) >= 11 is 0. The third kappa shape index (κ3) is 5.23. The second-order valence-corrected chi connectivity index (χ2v) is 13.7. The lowest BCUT2D eigenvalue weighted by molar-refractivity contribution is -0.147. The van der Waals surface area contributed by atoms with E-state index in [1.54, 1.807) is 19.2 Å². The van der Waals surface area contributed by atoms with Crippen LogP contribution >= 0.6 is 0 Å². The van der Waals surface area contributed by atoms with E-state index in [0.717, 1.165) is 66.4 Å². The first-order valence-electron chi connectivity index (χ1n) is 14.0. The molecule has 1 amide bonds. The highest BCUT2D eigenvalue weighted by Gasteiger charge is 2.52. The fraction of sp³-hybridized carbons (Fsp3) is 0.484. The van der Waals surface area contributed by atoms with Gasteiger partial charge in [-0.05, 0) is 93.0 Å². The van der Waals surface area contributed by atoms with Gasteiger partial charge in [0.05, 0.1) is 30.6 Å². The minimum absolute atomic E-state index is 0.230. The molecule has 0 aliphatic heterocycles. The Kier molecular flexibility index (Phi) is 7.70. The van der Waals surface area contributed by atoms with Crippen molar-refractivity contribution in [3.63, 3.8) is 0 Å². The number of carbonyl (C=O) groups is 2. The predicted octanol–water partition coefficient (Wildman–Crippen LogP) is 5.79. The van der Waals surface area contributed by atoms with Crippen molar-refractivity contribution >= 4 is 32.8 Å². The van der Waals surface area contributed by atoms with Gasteiger partial charge in [0, 0.05) is 23.0 Å².